The number of benzene rings is 1. The van der Waals surface area contributed by atoms with Gasteiger partial charge in [-0.25, -0.2) is 9.69 Å². The average molecular weight is 317 g/mol. The highest BCUT2D eigenvalue weighted by Gasteiger charge is 2.40. The van der Waals surface area contributed by atoms with Crippen LogP contribution in [0.5, 0.6) is 0 Å². The van der Waals surface area contributed by atoms with Gasteiger partial charge in [0.05, 0.1) is 32.9 Å². The molecular formula is C16H21N4O3+. The van der Waals surface area contributed by atoms with Gasteiger partial charge >= 0.3 is 6.03 Å². The quantitative estimate of drug-likeness (QED) is 0.562. The summed E-state index contributed by atoms with van der Waals surface area (Å²) < 4.78 is 0. The molecule has 23 heavy (non-hydrogen) atoms. The number of aliphatic imine (C=N–C) groups is 1. The monoisotopic (exact) mass is 317 g/mol. The Kier molecular flexibility index (Phi) is 5.23. The van der Waals surface area contributed by atoms with E-state index in [2.05, 4.69) is 10.3 Å². The van der Waals surface area contributed by atoms with Gasteiger partial charge in [0.2, 0.25) is 5.91 Å². The number of quaternary nitrogens is 1. The summed E-state index contributed by atoms with van der Waals surface area (Å²) in [5.41, 5.74) is 1.45. The van der Waals surface area contributed by atoms with Crippen LogP contribution >= 0.6 is 0 Å². The van der Waals surface area contributed by atoms with E-state index in [0.29, 0.717) is 12.2 Å². The predicted octanol–water partition coefficient (Wildman–Crippen LogP) is -0.591. The summed E-state index contributed by atoms with van der Waals surface area (Å²) in [5, 5.41) is 2.20. The van der Waals surface area contributed by atoms with Gasteiger partial charge in [-0.1, -0.05) is 17.7 Å². The number of anilines is 1. The Balaban J connectivity index is 2.18. The largest absolute Gasteiger partial charge is 0.338 e. The van der Waals surface area contributed by atoms with Gasteiger partial charge in [0.15, 0.2) is 5.92 Å². The van der Waals surface area contributed by atoms with Crippen LogP contribution in [-0.2, 0) is 9.59 Å². The second-order valence-corrected chi connectivity index (χ2v) is 5.79. The predicted molar refractivity (Wildman–Crippen MR) is 86.7 cm³/mol. The minimum Gasteiger partial charge on any atom is -0.338 e. The summed E-state index contributed by atoms with van der Waals surface area (Å²) in [6.07, 6.45) is 1.33. The van der Waals surface area contributed by atoms with Crippen LogP contribution in [0.4, 0.5) is 10.5 Å². The average Bonchev–Trinajstić information content (AvgIpc) is 2.47. The van der Waals surface area contributed by atoms with Crippen molar-refractivity contribution in [1.29, 1.82) is 0 Å². The molecule has 0 spiro atoms. The number of likely N-dealkylation sites (N-methyl/N-ethyl adjacent to an activating group) is 1. The van der Waals surface area contributed by atoms with E-state index < -0.39 is 23.8 Å². The molecule has 1 aliphatic rings. The van der Waals surface area contributed by atoms with Crippen LogP contribution in [0, 0.1) is 12.8 Å². The highest BCUT2D eigenvalue weighted by Crippen LogP contribution is 2.20. The van der Waals surface area contributed by atoms with E-state index in [1.165, 1.54) is 11.1 Å². The van der Waals surface area contributed by atoms with Crippen molar-refractivity contribution in [2.24, 2.45) is 10.9 Å². The Morgan fingerprint density at radius 2 is 1.87 bits per heavy atom. The van der Waals surface area contributed by atoms with Crippen LogP contribution in [0.1, 0.15) is 5.56 Å². The second-order valence-electron chi connectivity index (χ2n) is 5.79. The molecule has 0 saturated carbocycles. The van der Waals surface area contributed by atoms with Crippen LogP contribution in [0.2, 0.25) is 0 Å². The Hall–Kier alpha value is -2.54. The molecule has 0 aromatic heterocycles. The number of nitrogens with zero attached hydrogens (tertiary/aromatic N) is 2. The van der Waals surface area contributed by atoms with E-state index in [-0.39, 0.29) is 0 Å². The molecule has 1 aromatic carbocycles. The lowest BCUT2D eigenvalue weighted by Crippen LogP contribution is -3.06. The van der Waals surface area contributed by atoms with Crippen LogP contribution in [0.25, 0.3) is 0 Å². The van der Waals surface area contributed by atoms with Crippen molar-refractivity contribution in [3.63, 3.8) is 0 Å². The van der Waals surface area contributed by atoms with Crippen molar-refractivity contribution in [3.05, 3.63) is 29.8 Å². The third-order valence-electron chi connectivity index (χ3n) is 3.49. The lowest BCUT2D eigenvalue weighted by Gasteiger charge is -2.28. The summed E-state index contributed by atoms with van der Waals surface area (Å²) in [7, 11) is 3.98. The molecule has 0 aliphatic carbocycles. The Morgan fingerprint density at radius 1 is 1.22 bits per heavy atom. The topological polar surface area (TPSA) is 83.3 Å². The second kappa shape index (κ2) is 7.15. The van der Waals surface area contributed by atoms with Crippen molar-refractivity contribution in [2.75, 3.05) is 32.1 Å². The molecule has 0 bridgehead atoms. The molecule has 1 saturated heterocycles. The number of carbonyl (C=O) groups excluding carboxylic acids is 3. The minimum atomic E-state index is -1.08. The number of nitrogens with one attached hydrogen (secondary N) is 2. The first kappa shape index (κ1) is 16.8. The van der Waals surface area contributed by atoms with E-state index in [1.54, 1.807) is 24.3 Å². The molecule has 7 heteroatoms. The third-order valence-corrected chi connectivity index (χ3v) is 3.49. The molecule has 4 amide bonds. The van der Waals surface area contributed by atoms with Gasteiger partial charge in [0.1, 0.15) is 0 Å². The van der Waals surface area contributed by atoms with E-state index in [4.69, 9.17) is 0 Å². The van der Waals surface area contributed by atoms with Crippen molar-refractivity contribution in [3.8, 4) is 0 Å². The van der Waals surface area contributed by atoms with E-state index in [9.17, 15) is 14.4 Å². The van der Waals surface area contributed by atoms with Gasteiger partial charge in [-0.15, -0.1) is 0 Å². The lowest BCUT2D eigenvalue weighted by atomic mass is 10.1. The molecule has 2 rings (SSSR count). The molecule has 122 valence electrons. The van der Waals surface area contributed by atoms with Crippen LogP contribution < -0.4 is 15.1 Å². The number of aryl methyl sites for hydroxylation is 1. The van der Waals surface area contributed by atoms with Crippen molar-refractivity contribution >= 4 is 29.7 Å². The normalized spacial score (nSPS) is 18.9. The maximum atomic E-state index is 12.5. The van der Waals surface area contributed by atoms with Crippen molar-refractivity contribution < 1.29 is 19.3 Å². The minimum absolute atomic E-state index is 0.432. The molecule has 1 heterocycles. The molecule has 1 atom stereocenters. The molecule has 2 N–H and O–H groups in total. The van der Waals surface area contributed by atoms with Gasteiger partial charge < -0.3 is 4.90 Å². The maximum absolute atomic E-state index is 12.5. The fourth-order valence-corrected chi connectivity index (χ4v) is 2.13. The Bertz CT molecular complexity index is 637. The SMILES string of the molecule is Cc1ccc(N2C(=O)NC(=O)[C@H](C=NCC[NH+](C)C)C2=O)cc1. The molecule has 7 nitrogen and oxygen atoms in total. The summed E-state index contributed by atoms with van der Waals surface area (Å²) >= 11 is 0. The number of imide groups is 2. The Morgan fingerprint density at radius 3 is 2.48 bits per heavy atom. The molecular weight excluding hydrogens is 296 g/mol. The molecule has 1 aliphatic heterocycles. The molecule has 1 fully saturated rings. The highest BCUT2D eigenvalue weighted by molar-refractivity contribution is 6.32. The zero-order valence-electron chi connectivity index (χ0n) is 13.5. The lowest BCUT2D eigenvalue weighted by molar-refractivity contribution is -0.856. The highest BCUT2D eigenvalue weighted by atomic mass is 16.2. The molecule has 1 aromatic rings. The number of hydrogen-bond acceptors (Lipinski definition) is 4. The summed E-state index contributed by atoms with van der Waals surface area (Å²) in [4.78, 5) is 42.7. The van der Waals surface area contributed by atoms with Gasteiger partial charge in [-0.3, -0.25) is 19.9 Å². The van der Waals surface area contributed by atoms with Crippen LogP contribution in [0.15, 0.2) is 29.3 Å². The number of amides is 4. The fourth-order valence-electron chi connectivity index (χ4n) is 2.13. The fraction of sp³-hybridized carbons (Fsp3) is 0.375. The number of rotatable bonds is 5. The first-order chi connectivity index (χ1) is 10.9. The third kappa shape index (κ3) is 4.01. The molecule has 0 radical (unpaired) electrons. The summed E-state index contributed by atoms with van der Waals surface area (Å²) in [6.45, 7) is 3.21. The van der Waals surface area contributed by atoms with Gasteiger partial charge in [0.25, 0.3) is 5.91 Å². The standard InChI is InChI=1S/C16H20N4O3/c1-11-4-6-12(7-5-11)20-15(22)13(14(21)18-16(20)23)10-17-8-9-19(2)3/h4-7,10,13H,8-9H2,1-3H3,(H,18,21,23)/p+1/t13-/m0/s1. The number of carbonyl (C=O) groups is 3. The number of urea groups is 1. The van der Waals surface area contributed by atoms with E-state index in [0.717, 1.165) is 17.0 Å². The molecule has 0 unspecified atom stereocenters. The first-order valence-corrected chi connectivity index (χ1v) is 7.44. The summed E-state index contributed by atoms with van der Waals surface area (Å²) in [6, 6.07) is 6.22. The first-order valence-electron chi connectivity index (χ1n) is 7.44. The van der Waals surface area contributed by atoms with E-state index in [1.807, 2.05) is 21.0 Å². The summed E-state index contributed by atoms with van der Waals surface area (Å²) in [5.74, 6) is -2.29. The van der Waals surface area contributed by atoms with Gasteiger partial charge in [-0.2, -0.15) is 0 Å². The van der Waals surface area contributed by atoms with E-state index >= 15 is 0 Å². The van der Waals surface area contributed by atoms with Gasteiger partial charge in [-0.05, 0) is 19.1 Å². The van der Waals surface area contributed by atoms with Crippen LogP contribution in [0.3, 0.4) is 0 Å². The Labute approximate surface area is 135 Å². The zero-order chi connectivity index (χ0) is 17.0. The van der Waals surface area contributed by atoms with Gasteiger partial charge in [0, 0.05) is 6.21 Å². The van der Waals surface area contributed by atoms with Crippen LogP contribution in [-0.4, -0.2) is 51.2 Å². The number of hydrogen-bond donors (Lipinski definition) is 2. The smallest absolute Gasteiger partial charge is 0.335 e. The van der Waals surface area contributed by atoms with Crippen molar-refractivity contribution in [2.45, 2.75) is 6.92 Å². The number of barbiturate groups is 1. The zero-order valence-corrected chi connectivity index (χ0v) is 13.5. The maximum Gasteiger partial charge on any atom is 0.335 e. The van der Waals surface area contributed by atoms with Crippen molar-refractivity contribution in [1.82, 2.24) is 5.32 Å².